The highest BCUT2D eigenvalue weighted by Crippen LogP contribution is 2.12. The fourth-order valence-corrected chi connectivity index (χ4v) is 1.51. The van der Waals surface area contributed by atoms with Gasteiger partial charge in [-0.15, -0.1) is 0 Å². The van der Waals surface area contributed by atoms with Crippen LogP contribution < -0.4 is 0 Å². The number of likely N-dealkylation sites (tertiary alicyclic amines) is 1. The molecule has 1 aromatic heterocycles. The van der Waals surface area contributed by atoms with Crippen LogP contribution in [-0.4, -0.2) is 23.0 Å². The van der Waals surface area contributed by atoms with Crippen molar-refractivity contribution < 1.29 is 0 Å². The van der Waals surface area contributed by atoms with Crippen LogP contribution in [0.5, 0.6) is 0 Å². The van der Waals surface area contributed by atoms with Crippen LogP contribution in [0.25, 0.3) is 0 Å². The third-order valence-electron chi connectivity index (χ3n) is 2.14. The van der Waals surface area contributed by atoms with E-state index in [4.69, 9.17) is 0 Å². The molecule has 0 unspecified atom stereocenters. The molecule has 1 radical (unpaired) electrons. The topological polar surface area (TPSA) is 16.1 Å². The van der Waals surface area contributed by atoms with Crippen molar-refractivity contribution in [1.82, 2.24) is 9.88 Å². The quantitative estimate of drug-likeness (QED) is 0.656. The molecule has 1 fully saturated rings. The van der Waals surface area contributed by atoms with E-state index in [0.717, 1.165) is 5.69 Å². The number of rotatable bonds is 2. The highest BCUT2D eigenvalue weighted by molar-refractivity contribution is 5.12. The van der Waals surface area contributed by atoms with Crippen LogP contribution in [0, 0.1) is 6.54 Å². The molecule has 0 atom stereocenters. The molecule has 2 nitrogen and oxygen atoms in total. The van der Waals surface area contributed by atoms with Crippen LogP contribution in [0.15, 0.2) is 24.4 Å². The summed E-state index contributed by atoms with van der Waals surface area (Å²) >= 11 is 0. The second-order valence-electron chi connectivity index (χ2n) is 3.13. The van der Waals surface area contributed by atoms with E-state index in [1.54, 1.807) is 0 Å². The predicted molar refractivity (Wildman–Crippen MR) is 48.4 cm³/mol. The molecule has 0 aromatic carbocycles. The molecule has 1 aromatic rings. The standard InChI is InChI=1S/C10H13N2/c1-2-6-11-10(5-1)9-12-7-3-4-8-12/h1-2,5-6,9H,3-4,7-8H2. The number of nitrogens with zero attached hydrogens (tertiary/aromatic N) is 2. The highest BCUT2D eigenvalue weighted by Gasteiger charge is 2.11. The molecule has 2 heteroatoms. The van der Waals surface area contributed by atoms with Crippen molar-refractivity contribution in [3.63, 3.8) is 0 Å². The summed E-state index contributed by atoms with van der Waals surface area (Å²) in [4.78, 5) is 6.58. The van der Waals surface area contributed by atoms with Gasteiger partial charge in [0.2, 0.25) is 0 Å². The summed E-state index contributed by atoms with van der Waals surface area (Å²) in [5.41, 5.74) is 1.07. The van der Waals surface area contributed by atoms with E-state index in [2.05, 4.69) is 16.4 Å². The maximum absolute atomic E-state index is 4.24. The molecular weight excluding hydrogens is 148 g/mol. The fraction of sp³-hybridized carbons (Fsp3) is 0.400. The van der Waals surface area contributed by atoms with Crippen LogP contribution >= 0.6 is 0 Å². The molecule has 2 rings (SSSR count). The Morgan fingerprint density at radius 3 is 2.75 bits per heavy atom. The molecule has 0 spiro atoms. The third kappa shape index (κ3) is 1.83. The van der Waals surface area contributed by atoms with Gasteiger partial charge in [-0.1, -0.05) is 6.07 Å². The van der Waals surface area contributed by atoms with E-state index in [1.807, 2.05) is 24.4 Å². The summed E-state index contributed by atoms with van der Waals surface area (Å²) in [6.07, 6.45) is 4.48. The normalized spacial score (nSPS) is 18.3. The summed E-state index contributed by atoms with van der Waals surface area (Å²) in [5, 5.41) is 0. The molecule has 0 amide bonds. The van der Waals surface area contributed by atoms with E-state index in [9.17, 15) is 0 Å². The second-order valence-corrected chi connectivity index (χ2v) is 3.13. The van der Waals surface area contributed by atoms with Gasteiger partial charge in [-0.3, -0.25) is 9.88 Å². The lowest BCUT2D eigenvalue weighted by Crippen LogP contribution is -2.16. The Morgan fingerprint density at radius 1 is 1.25 bits per heavy atom. The van der Waals surface area contributed by atoms with Crippen molar-refractivity contribution >= 4 is 0 Å². The Bertz CT molecular complexity index is 227. The van der Waals surface area contributed by atoms with Gasteiger partial charge in [-0.05, 0) is 38.1 Å². The van der Waals surface area contributed by atoms with E-state index in [-0.39, 0.29) is 0 Å². The zero-order valence-corrected chi connectivity index (χ0v) is 7.11. The van der Waals surface area contributed by atoms with Gasteiger partial charge >= 0.3 is 0 Å². The van der Waals surface area contributed by atoms with Crippen LogP contribution in [0.1, 0.15) is 18.5 Å². The van der Waals surface area contributed by atoms with Crippen LogP contribution in [0.2, 0.25) is 0 Å². The Labute approximate surface area is 73.2 Å². The Balaban J connectivity index is 1.94. The van der Waals surface area contributed by atoms with Gasteiger partial charge in [0.1, 0.15) is 0 Å². The Hall–Kier alpha value is -0.890. The van der Waals surface area contributed by atoms with Crippen LogP contribution in [0.4, 0.5) is 0 Å². The molecule has 0 saturated carbocycles. The second kappa shape index (κ2) is 3.68. The summed E-state index contributed by atoms with van der Waals surface area (Å²) in [6.45, 7) is 4.53. The third-order valence-corrected chi connectivity index (χ3v) is 2.14. The van der Waals surface area contributed by atoms with E-state index in [0.29, 0.717) is 0 Å². The maximum Gasteiger partial charge on any atom is 0.0735 e. The number of pyridine rings is 1. The predicted octanol–water partition coefficient (Wildman–Crippen LogP) is 1.69. The van der Waals surface area contributed by atoms with Gasteiger partial charge in [0.25, 0.3) is 0 Å². The van der Waals surface area contributed by atoms with Gasteiger partial charge in [-0.25, -0.2) is 0 Å². The minimum atomic E-state index is 1.07. The SMILES string of the molecule is [CH](c1ccccn1)N1CCCC1. The first kappa shape index (κ1) is 7.74. The summed E-state index contributed by atoms with van der Waals surface area (Å²) in [5.74, 6) is 0. The highest BCUT2D eigenvalue weighted by atomic mass is 15.1. The van der Waals surface area contributed by atoms with Crippen molar-refractivity contribution in [1.29, 1.82) is 0 Å². The van der Waals surface area contributed by atoms with Crippen molar-refractivity contribution in [2.75, 3.05) is 13.1 Å². The minimum Gasteiger partial charge on any atom is -0.293 e. The molecule has 1 saturated heterocycles. The lowest BCUT2D eigenvalue weighted by atomic mass is 10.3. The van der Waals surface area contributed by atoms with Gasteiger partial charge in [0, 0.05) is 6.20 Å². The zero-order valence-electron chi connectivity index (χ0n) is 7.11. The zero-order chi connectivity index (χ0) is 8.23. The van der Waals surface area contributed by atoms with E-state index in [1.165, 1.54) is 25.9 Å². The first-order chi connectivity index (χ1) is 5.95. The Kier molecular flexibility index (Phi) is 2.37. The molecule has 63 valence electrons. The molecule has 1 aliphatic rings. The molecule has 12 heavy (non-hydrogen) atoms. The molecule has 0 aliphatic carbocycles. The number of aromatic nitrogens is 1. The lowest BCUT2D eigenvalue weighted by molar-refractivity contribution is 0.425. The van der Waals surface area contributed by atoms with Gasteiger partial charge in [0.15, 0.2) is 0 Å². The molecule has 2 heterocycles. The number of hydrogen-bond donors (Lipinski definition) is 0. The van der Waals surface area contributed by atoms with E-state index < -0.39 is 0 Å². The van der Waals surface area contributed by atoms with Gasteiger partial charge in [0.05, 0.1) is 12.2 Å². The van der Waals surface area contributed by atoms with E-state index >= 15 is 0 Å². The molecule has 1 aliphatic heterocycles. The summed E-state index contributed by atoms with van der Waals surface area (Å²) in [7, 11) is 0. The van der Waals surface area contributed by atoms with Crippen LogP contribution in [-0.2, 0) is 0 Å². The Morgan fingerprint density at radius 2 is 2.08 bits per heavy atom. The van der Waals surface area contributed by atoms with Crippen molar-refractivity contribution in [2.24, 2.45) is 0 Å². The van der Waals surface area contributed by atoms with Crippen LogP contribution in [0.3, 0.4) is 0 Å². The van der Waals surface area contributed by atoms with Crippen molar-refractivity contribution in [3.05, 3.63) is 36.6 Å². The van der Waals surface area contributed by atoms with Gasteiger partial charge in [-0.2, -0.15) is 0 Å². The molecule has 0 bridgehead atoms. The smallest absolute Gasteiger partial charge is 0.0735 e. The largest absolute Gasteiger partial charge is 0.293 e. The number of hydrogen-bond acceptors (Lipinski definition) is 2. The average Bonchev–Trinajstić information content (AvgIpc) is 2.59. The fourth-order valence-electron chi connectivity index (χ4n) is 1.51. The average molecular weight is 161 g/mol. The summed E-state index contributed by atoms with van der Waals surface area (Å²) < 4.78 is 0. The monoisotopic (exact) mass is 161 g/mol. The van der Waals surface area contributed by atoms with Crippen molar-refractivity contribution in [3.8, 4) is 0 Å². The first-order valence-corrected chi connectivity index (χ1v) is 4.45. The lowest BCUT2D eigenvalue weighted by Gasteiger charge is -2.12. The van der Waals surface area contributed by atoms with Gasteiger partial charge < -0.3 is 0 Å². The van der Waals surface area contributed by atoms with Crippen molar-refractivity contribution in [2.45, 2.75) is 12.8 Å². The minimum absolute atomic E-state index is 1.07. The first-order valence-electron chi connectivity index (χ1n) is 4.45. The molecular formula is C10H13N2. The maximum atomic E-state index is 4.24. The summed E-state index contributed by atoms with van der Waals surface area (Å²) in [6, 6.07) is 6.01. The molecule has 0 N–H and O–H groups in total.